The lowest BCUT2D eigenvalue weighted by Crippen LogP contribution is -2.45. The first-order valence-corrected chi connectivity index (χ1v) is 7.75. The van der Waals surface area contributed by atoms with Crippen LogP contribution in [0.1, 0.15) is 42.0 Å². The maximum atomic E-state index is 3.47. The molecule has 2 nitrogen and oxygen atoms in total. The van der Waals surface area contributed by atoms with Crippen molar-refractivity contribution in [2.45, 2.75) is 39.2 Å². The van der Waals surface area contributed by atoms with Gasteiger partial charge in [-0.05, 0) is 31.7 Å². The zero-order chi connectivity index (χ0) is 13.2. The molecular weight excluding hydrogens is 232 g/mol. The van der Waals surface area contributed by atoms with E-state index in [4.69, 9.17) is 0 Å². The molecule has 1 aliphatic carbocycles. The van der Waals surface area contributed by atoms with Crippen LogP contribution in [0.25, 0.3) is 0 Å². The van der Waals surface area contributed by atoms with E-state index in [1.54, 1.807) is 5.56 Å². The predicted octanol–water partition coefficient (Wildman–Crippen LogP) is 3.05. The Morgan fingerprint density at radius 3 is 2.32 bits per heavy atom. The number of rotatable bonds is 4. The number of piperazine rings is 1. The molecule has 0 spiro atoms. The first kappa shape index (κ1) is 13.1. The van der Waals surface area contributed by atoms with Gasteiger partial charge < -0.3 is 5.32 Å². The van der Waals surface area contributed by atoms with Gasteiger partial charge in [0.1, 0.15) is 0 Å². The van der Waals surface area contributed by atoms with Crippen LogP contribution in [-0.2, 0) is 0 Å². The third-order valence-electron chi connectivity index (χ3n) is 4.47. The van der Waals surface area contributed by atoms with Gasteiger partial charge in [0.05, 0.1) is 0 Å². The summed E-state index contributed by atoms with van der Waals surface area (Å²) < 4.78 is 0. The van der Waals surface area contributed by atoms with Crippen molar-refractivity contribution in [3.05, 3.63) is 34.9 Å². The zero-order valence-corrected chi connectivity index (χ0v) is 12.3. The van der Waals surface area contributed by atoms with Crippen molar-refractivity contribution in [2.75, 3.05) is 26.2 Å². The van der Waals surface area contributed by atoms with Crippen molar-refractivity contribution in [2.24, 2.45) is 5.92 Å². The molecule has 0 unspecified atom stereocenters. The molecule has 0 radical (unpaired) electrons. The molecule has 2 fully saturated rings. The number of hydrogen-bond acceptors (Lipinski definition) is 2. The summed E-state index contributed by atoms with van der Waals surface area (Å²) in [5, 5.41) is 3.47. The predicted molar refractivity (Wildman–Crippen MR) is 80.4 cm³/mol. The number of nitrogens with zero attached hydrogens (tertiary/aromatic N) is 1. The van der Waals surface area contributed by atoms with Gasteiger partial charge in [-0.3, -0.25) is 4.90 Å². The Kier molecular flexibility index (Phi) is 3.90. The van der Waals surface area contributed by atoms with E-state index in [0.29, 0.717) is 6.04 Å². The Balaban J connectivity index is 1.83. The van der Waals surface area contributed by atoms with E-state index in [9.17, 15) is 0 Å². The normalized spacial score (nSPS) is 22.4. The molecule has 2 heteroatoms. The summed E-state index contributed by atoms with van der Waals surface area (Å²) in [6.45, 7) is 9.14. The highest BCUT2D eigenvalue weighted by Crippen LogP contribution is 2.40. The smallest absolute Gasteiger partial charge is 0.0352 e. The largest absolute Gasteiger partial charge is 0.314 e. The second kappa shape index (κ2) is 5.64. The summed E-state index contributed by atoms with van der Waals surface area (Å²) in [4.78, 5) is 2.70. The highest BCUT2D eigenvalue weighted by molar-refractivity contribution is 5.31. The molecule has 1 saturated carbocycles. The van der Waals surface area contributed by atoms with Gasteiger partial charge in [-0.1, -0.05) is 42.2 Å². The van der Waals surface area contributed by atoms with Crippen LogP contribution in [0, 0.1) is 19.8 Å². The molecule has 1 aliphatic heterocycles. The monoisotopic (exact) mass is 258 g/mol. The fourth-order valence-electron chi connectivity index (χ4n) is 3.36. The van der Waals surface area contributed by atoms with E-state index in [0.717, 1.165) is 19.0 Å². The minimum atomic E-state index is 0.646. The van der Waals surface area contributed by atoms with Gasteiger partial charge in [0.2, 0.25) is 0 Å². The number of hydrogen-bond donors (Lipinski definition) is 1. The van der Waals surface area contributed by atoms with Crippen molar-refractivity contribution >= 4 is 0 Å². The minimum absolute atomic E-state index is 0.646. The second-order valence-corrected chi connectivity index (χ2v) is 6.40. The fourth-order valence-corrected chi connectivity index (χ4v) is 3.36. The SMILES string of the molecule is Cc1cc(C)cc([C@H](CC2CC2)N2CCNCC2)c1. The van der Waals surface area contributed by atoms with Crippen molar-refractivity contribution in [1.29, 1.82) is 0 Å². The van der Waals surface area contributed by atoms with Gasteiger partial charge in [-0.15, -0.1) is 0 Å². The van der Waals surface area contributed by atoms with E-state index in [1.165, 1.54) is 43.5 Å². The summed E-state index contributed by atoms with van der Waals surface area (Å²) in [6.07, 6.45) is 4.27. The first-order valence-electron chi connectivity index (χ1n) is 7.75. The van der Waals surface area contributed by atoms with Crippen molar-refractivity contribution in [3.63, 3.8) is 0 Å². The molecule has 0 bridgehead atoms. The standard InChI is InChI=1S/C17H26N2/c1-13-9-14(2)11-16(10-13)17(12-15-3-4-15)19-7-5-18-6-8-19/h9-11,15,17-18H,3-8,12H2,1-2H3/t17-/m0/s1. The molecule has 1 aromatic rings. The van der Waals surface area contributed by atoms with Crippen LogP contribution in [0.5, 0.6) is 0 Å². The van der Waals surface area contributed by atoms with Gasteiger partial charge in [0.25, 0.3) is 0 Å². The fraction of sp³-hybridized carbons (Fsp3) is 0.647. The highest BCUT2D eigenvalue weighted by Gasteiger charge is 2.30. The summed E-state index contributed by atoms with van der Waals surface area (Å²) in [6, 6.07) is 7.74. The highest BCUT2D eigenvalue weighted by atomic mass is 15.2. The molecule has 0 amide bonds. The number of nitrogens with one attached hydrogen (secondary N) is 1. The van der Waals surface area contributed by atoms with Crippen LogP contribution in [-0.4, -0.2) is 31.1 Å². The molecule has 3 rings (SSSR count). The van der Waals surface area contributed by atoms with Gasteiger partial charge in [-0.2, -0.15) is 0 Å². The summed E-state index contributed by atoms with van der Waals surface area (Å²) >= 11 is 0. The first-order chi connectivity index (χ1) is 9.22. The Bertz CT molecular complexity index is 411. The van der Waals surface area contributed by atoms with E-state index in [-0.39, 0.29) is 0 Å². The average Bonchev–Trinajstić information content (AvgIpc) is 3.20. The molecule has 1 atom stereocenters. The van der Waals surface area contributed by atoms with Crippen LogP contribution in [0.15, 0.2) is 18.2 Å². The number of aryl methyl sites for hydroxylation is 2. The zero-order valence-electron chi connectivity index (χ0n) is 12.3. The quantitative estimate of drug-likeness (QED) is 0.893. The molecule has 19 heavy (non-hydrogen) atoms. The second-order valence-electron chi connectivity index (χ2n) is 6.40. The van der Waals surface area contributed by atoms with E-state index < -0.39 is 0 Å². The Morgan fingerprint density at radius 2 is 1.74 bits per heavy atom. The Labute approximate surface area is 117 Å². The maximum Gasteiger partial charge on any atom is 0.0352 e. The molecular formula is C17H26N2. The van der Waals surface area contributed by atoms with Gasteiger partial charge in [0, 0.05) is 32.2 Å². The van der Waals surface area contributed by atoms with Crippen molar-refractivity contribution in [1.82, 2.24) is 10.2 Å². The molecule has 1 saturated heterocycles. The summed E-state index contributed by atoms with van der Waals surface area (Å²) in [7, 11) is 0. The molecule has 2 aliphatic rings. The lowest BCUT2D eigenvalue weighted by atomic mass is 9.95. The number of benzene rings is 1. The van der Waals surface area contributed by atoms with Gasteiger partial charge >= 0.3 is 0 Å². The van der Waals surface area contributed by atoms with Crippen molar-refractivity contribution < 1.29 is 0 Å². The molecule has 1 heterocycles. The molecule has 1 aromatic carbocycles. The third-order valence-corrected chi connectivity index (χ3v) is 4.47. The van der Waals surface area contributed by atoms with Gasteiger partial charge in [-0.25, -0.2) is 0 Å². The van der Waals surface area contributed by atoms with Crippen molar-refractivity contribution in [3.8, 4) is 0 Å². The van der Waals surface area contributed by atoms with Crippen LogP contribution in [0.4, 0.5) is 0 Å². The molecule has 1 N–H and O–H groups in total. The maximum absolute atomic E-state index is 3.47. The minimum Gasteiger partial charge on any atom is -0.314 e. The van der Waals surface area contributed by atoms with Crippen LogP contribution >= 0.6 is 0 Å². The molecule has 104 valence electrons. The van der Waals surface area contributed by atoms with E-state index >= 15 is 0 Å². The third kappa shape index (κ3) is 3.37. The lowest BCUT2D eigenvalue weighted by Gasteiger charge is -2.35. The summed E-state index contributed by atoms with van der Waals surface area (Å²) in [5.74, 6) is 0.987. The van der Waals surface area contributed by atoms with Gasteiger partial charge in [0.15, 0.2) is 0 Å². The molecule has 0 aromatic heterocycles. The van der Waals surface area contributed by atoms with E-state index in [1.807, 2.05) is 0 Å². The lowest BCUT2D eigenvalue weighted by molar-refractivity contribution is 0.160. The van der Waals surface area contributed by atoms with Crippen LogP contribution in [0.3, 0.4) is 0 Å². The summed E-state index contributed by atoms with van der Waals surface area (Å²) in [5.41, 5.74) is 4.36. The van der Waals surface area contributed by atoms with Crippen LogP contribution in [0.2, 0.25) is 0 Å². The average molecular weight is 258 g/mol. The van der Waals surface area contributed by atoms with E-state index in [2.05, 4.69) is 42.3 Å². The Hall–Kier alpha value is -0.860. The van der Waals surface area contributed by atoms with Crippen LogP contribution < -0.4 is 5.32 Å². The topological polar surface area (TPSA) is 15.3 Å². The Morgan fingerprint density at radius 1 is 1.11 bits per heavy atom.